The van der Waals surface area contributed by atoms with Crippen LogP contribution in [0.2, 0.25) is 0 Å². The number of anilines is 1. The molecule has 1 aromatic carbocycles. The molecule has 1 saturated carbocycles. The van der Waals surface area contributed by atoms with Crippen LogP contribution in [0.15, 0.2) is 18.2 Å². The first kappa shape index (κ1) is 22.8. The van der Waals surface area contributed by atoms with Crippen LogP contribution in [0.3, 0.4) is 0 Å². The summed E-state index contributed by atoms with van der Waals surface area (Å²) in [5.74, 6) is 0.966. The largest absolute Gasteiger partial charge is 0.353 e. The minimum Gasteiger partial charge on any atom is -0.353 e. The number of nitrogens with zero attached hydrogens (tertiary/aromatic N) is 1. The van der Waals surface area contributed by atoms with E-state index in [0.717, 1.165) is 50.0 Å². The summed E-state index contributed by atoms with van der Waals surface area (Å²) in [6.07, 6.45) is 5.05. The molecule has 30 heavy (non-hydrogen) atoms. The number of likely N-dealkylation sites (tertiary alicyclic amines) is 1. The highest BCUT2D eigenvalue weighted by Gasteiger charge is 2.34. The Morgan fingerprint density at radius 2 is 1.83 bits per heavy atom. The van der Waals surface area contributed by atoms with Gasteiger partial charge >= 0.3 is 0 Å². The minimum absolute atomic E-state index is 0.0169. The first-order chi connectivity index (χ1) is 14.1. The van der Waals surface area contributed by atoms with Crippen molar-refractivity contribution < 1.29 is 9.59 Å². The summed E-state index contributed by atoms with van der Waals surface area (Å²) in [6, 6.07) is 6.36. The van der Waals surface area contributed by atoms with Crippen LogP contribution >= 0.6 is 0 Å². The van der Waals surface area contributed by atoms with Crippen molar-refractivity contribution in [3.63, 3.8) is 0 Å². The van der Waals surface area contributed by atoms with Crippen molar-refractivity contribution in [2.45, 2.75) is 72.8 Å². The van der Waals surface area contributed by atoms with Gasteiger partial charge in [0.15, 0.2) is 0 Å². The molecule has 1 aliphatic carbocycles. The molecule has 1 saturated heterocycles. The molecule has 2 amide bonds. The first-order valence-corrected chi connectivity index (χ1v) is 11.5. The van der Waals surface area contributed by atoms with Crippen LogP contribution in [0, 0.1) is 31.1 Å². The normalized spacial score (nSPS) is 25.0. The van der Waals surface area contributed by atoms with E-state index < -0.39 is 0 Å². The van der Waals surface area contributed by atoms with Crippen LogP contribution in [0.4, 0.5) is 5.69 Å². The van der Waals surface area contributed by atoms with E-state index in [9.17, 15) is 9.59 Å². The lowest BCUT2D eigenvalue weighted by molar-refractivity contribution is -0.127. The van der Waals surface area contributed by atoms with Crippen molar-refractivity contribution in [3.05, 3.63) is 29.3 Å². The minimum atomic E-state index is 0.0169. The third-order valence-electron chi connectivity index (χ3n) is 6.71. The summed E-state index contributed by atoms with van der Waals surface area (Å²) in [5, 5.41) is 6.36. The SMILES string of the molecule is Cc1ccc(NC(=O)CN2CCC(C(=O)NC3CC(C)CC(C)(C)C3)CC2)c(C)c1. The number of amides is 2. The number of carbonyl (C=O) groups is 2. The topological polar surface area (TPSA) is 61.4 Å². The lowest BCUT2D eigenvalue weighted by Crippen LogP contribution is -2.48. The molecular weight excluding hydrogens is 374 g/mol. The molecule has 0 spiro atoms. The zero-order chi connectivity index (χ0) is 21.9. The molecule has 5 nitrogen and oxygen atoms in total. The summed E-state index contributed by atoms with van der Waals surface area (Å²) >= 11 is 0. The Labute approximate surface area is 182 Å². The second-order valence-electron chi connectivity index (χ2n) is 10.5. The Balaban J connectivity index is 1.43. The van der Waals surface area contributed by atoms with Gasteiger partial charge in [-0.05, 0) is 82.0 Å². The molecular formula is C25H39N3O2. The molecule has 1 heterocycles. The second-order valence-corrected chi connectivity index (χ2v) is 10.5. The van der Waals surface area contributed by atoms with E-state index in [-0.39, 0.29) is 17.7 Å². The standard InChI is InChI=1S/C25H39N3O2/c1-17-6-7-22(19(3)12-17)27-23(29)16-28-10-8-20(9-11-28)24(30)26-21-13-18(2)14-25(4,5)15-21/h6-7,12,18,20-21H,8-11,13-16H2,1-5H3,(H,26,30)(H,27,29). The highest BCUT2D eigenvalue weighted by molar-refractivity contribution is 5.93. The van der Waals surface area contributed by atoms with Crippen molar-refractivity contribution in [3.8, 4) is 0 Å². The van der Waals surface area contributed by atoms with Gasteiger partial charge in [0.1, 0.15) is 0 Å². The first-order valence-electron chi connectivity index (χ1n) is 11.5. The summed E-state index contributed by atoms with van der Waals surface area (Å²) in [5.41, 5.74) is 3.46. The number of rotatable bonds is 5. The number of carbonyl (C=O) groups excluding carboxylic acids is 2. The van der Waals surface area contributed by atoms with Crippen LogP contribution in [-0.2, 0) is 9.59 Å². The van der Waals surface area contributed by atoms with Gasteiger partial charge in [-0.25, -0.2) is 0 Å². The highest BCUT2D eigenvalue weighted by atomic mass is 16.2. The van der Waals surface area contributed by atoms with Crippen molar-refractivity contribution in [2.24, 2.45) is 17.3 Å². The fraction of sp³-hybridized carbons (Fsp3) is 0.680. The second kappa shape index (κ2) is 9.51. The molecule has 2 N–H and O–H groups in total. The van der Waals surface area contributed by atoms with Gasteiger partial charge in [0, 0.05) is 17.6 Å². The maximum atomic E-state index is 12.8. The van der Waals surface area contributed by atoms with Crippen molar-refractivity contribution >= 4 is 17.5 Å². The summed E-state index contributed by atoms with van der Waals surface area (Å²) in [6.45, 7) is 13.0. The zero-order valence-electron chi connectivity index (χ0n) is 19.4. The fourth-order valence-electron chi connectivity index (χ4n) is 5.47. The summed E-state index contributed by atoms with van der Waals surface area (Å²) < 4.78 is 0. The van der Waals surface area contributed by atoms with Crippen molar-refractivity contribution in [1.82, 2.24) is 10.2 Å². The summed E-state index contributed by atoms with van der Waals surface area (Å²) in [4.78, 5) is 27.4. The maximum absolute atomic E-state index is 12.8. The van der Waals surface area contributed by atoms with Gasteiger partial charge in [0.25, 0.3) is 0 Å². The van der Waals surface area contributed by atoms with Crippen LogP contribution in [0.25, 0.3) is 0 Å². The van der Waals surface area contributed by atoms with E-state index in [2.05, 4.69) is 49.3 Å². The average Bonchev–Trinajstić information content (AvgIpc) is 2.63. The molecule has 1 aliphatic heterocycles. The van der Waals surface area contributed by atoms with Crippen LogP contribution in [0.1, 0.15) is 64.0 Å². The van der Waals surface area contributed by atoms with E-state index in [0.29, 0.717) is 23.9 Å². The number of benzene rings is 1. The van der Waals surface area contributed by atoms with E-state index in [1.807, 2.05) is 19.1 Å². The van der Waals surface area contributed by atoms with Gasteiger partial charge in [-0.3, -0.25) is 14.5 Å². The number of piperidine rings is 1. The van der Waals surface area contributed by atoms with Crippen molar-refractivity contribution in [1.29, 1.82) is 0 Å². The Bertz CT molecular complexity index is 766. The predicted octanol–water partition coefficient (Wildman–Crippen LogP) is 4.28. The molecule has 2 fully saturated rings. The lowest BCUT2D eigenvalue weighted by atomic mass is 9.70. The van der Waals surface area contributed by atoms with Gasteiger partial charge in [-0.15, -0.1) is 0 Å². The smallest absolute Gasteiger partial charge is 0.238 e. The lowest BCUT2D eigenvalue weighted by Gasteiger charge is -2.40. The number of nitrogens with one attached hydrogen (secondary N) is 2. The van der Waals surface area contributed by atoms with Gasteiger partial charge in [-0.1, -0.05) is 38.5 Å². The molecule has 0 bridgehead atoms. The number of hydrogen-bond donors (Lipinski definition) is 2. The third-order valence-corrected chi connectivity index (χ3v) is 6.71. The average molecular weight is 414 g/mol. The molecule has 0 radical (unpaired) electrons. The Kier molecular flexibility index (Phi) is 7.22. The molecule has 3 rings (SSSR count). The van der Waals surface area contributed by atoms with E-state index in [4.69, 9.17) is 0 Å². The fourth-order valence-corrected chi connectivity index (χ4v) is 5.47. The van der Waals surface area contributed by atoms with Crippen molar-refractivity contribution in [2.75, 3.05) is 25.0 Å². The van der Waals surface area contributed by atoms with Gasteiger partial charge < -0.3 is 10.6 Å². The van der Waals surface area contributed by atoms with E-state index in [1.54, 1.807) is 0 Å². The van der Waals surface area contributed by atoms with Crippen LogP contribution < -0.4 is 10.6 Å². The van der Waals surface area contributed by atoms with E-state index >= 15 is 0 Å². The van der Waals surface area contributed by atoms with Crippen LogP contribution in [0.5, 0.6) is 0 Å². The number of aryl methyl sites for hydroxylation is 2. The maximum Gasteiger partial charge on any atom is 0.238 e. The molecule has 2 atom stereocenters. The summed E-state index contributed by atoms with van der Waals surface area (Å²) in [7, 11) is 0. The Hall–Kier alpha value is -1.88. The monoisotopic (exact) mass is 413 g/mol. The quantitative estimate of drug-likeness (QED) is 0.757. The van der Waals surface area contributed by atoms with Gasteiger partial charge in [0.05, 0.1) is 6.54 Å². The zero-order valence-corrected chi connectivity index (χ0v) is 19.4. The highest BCUT2D eigenvalue weighted by Crippen LogP contribution is 2.38. The van der Waals surface area contributed by atoms with Crippen LogP contribution in [-0.4, -0.2) is 42.4 Å². The molecule has 166 valence electrons. The Morgan fingerprint density at radius 3 is 2.47 bits per heavy atom. The third kappa shape index (κ3) is 6.31. The predicted molar refractivity (Wildman–Crippen MR) is 122 cm³/mol. The molecule has 5 heteroatoms. The Morgan fingerprint density at radius 1 is 1.13 bits per heavy atom. The van der Waals surface area contributed by atoms with Gasteiger partial charge in [-0.2, -0.15) is 0 Å². The molecule has 2 aliphatic rings. The molecule has 2 unspecified atom stereocenters. The van der Waals surface area contributed by atoms with E-state index in [1.165, 1.54) is 12.0 Å². The molecule has 0 aromatic heterocycles. The van der Waals surface area contributed by atoms with Gasteiger partial charge in [0.2, 0.25) is 11.8 Å². The molecule has 1 aromatic rings. The number of hydrogen-bond acceptors (Lipinski definition) is 3.